The van der Waals surface area contributed by atoms with Crippen molar-refractivity contribution in [3.05, 3.63) is 29.3 Å². The second-order valence-electron chi connectivity index (χ2n) is 5.03. The molecule has 1 aromatic carbocycles. The fourth-order valence-electron chi connectivity index (χ4n) is 1.89. The highest BCUT2D eigenvalue weighted by atomic mass is 19.4. The van der Waals surface area contributed by atoms with E-state index in [1.165, 1.54) is 11.9 Å². The van der Waals surface area contributed by atoms with Crippen LogP contribution >= 0.6 is 0 Å². The molecule has 1 amide bonds. The monoisotopic (exact) mass is 288 g/mol. The van der Waals surface area contributed by atoms with E-state index in [4.69, 9.17) is 0 Å². The van der Waals surface area contributed by atoms with Gasteiger partial charge in [0.25, 0.3) is 0 Å². The van der Waals surface area contributed by atoms with Gasteiger partial charge in [-0.2, -0.15) is 13.2 Å². The lowest BCUT2D eigenvalue weighted by atomic mass is 10.1. The number of anilines is 1. The number of alkyl halides is 3. The second-order valence-corrected chi connectivity index (χ2v) is 5.03. The molecule has 0 radical (unpaired) electrons. The van der Waals surface area contributed by atoms with Crippen molar-refractivity contribution < 1.29 is 18.0 Å². The van der Waals surface area contributed by atoms with Gasteiger partial charge >= 0.3 is 6.18 Å². The SMILES string of the molecule is Cc1cc(C)cc(NC(=O)CN(C)CCC(F)(F)F)c1. The summed E-state index contributed by atoms with van der Waals surface area (Å²) in [5, 5.41) is 2.69. The van der Waals surface area contributed by atoms with Gasteiger partial charge in [0.1, 0.15) is 0 Å². The van der Waals surface area contributed by atoms with Crippen molar-refractivity contribution in [3.8, 4) is 0 Å². The number of likely N-dealkylation sites (N-methyl/N-ethyl adjacent to an activating group) is 1. The van der Waals surface area contributed by atoms with E-state index in [9.17, 15) is 18.0 Å². The summed E-state index contributed by atoms with van der Waals surface area (Å²) in [6.45, 7) is 3.57. The summed E-state index contributed by atoms with van der Waals surface area (Å²) in [4.78, 5) is 13.1. The van der Waals surface area contributed by atoms with Crippen LogP contribution in [0.4, 0.5) is 18.9 Å². The number of amides is 1. The fourth-order valence-corrected chi connectivity index (χ4v) is 1.89. The number of hydrogen-bond acceptors (Lipinski definition) is 2. The summed E-state index contributed by atoms with van der Waals surface area (Å²) >= 11 is 0. The number of carbonyl (C=O) groups excluding carboxylic acids is 1. The molecule has 1 aromatic rings. The molecule has 3 nitrogen and oxygen atoms in total. The molecule has 0 aromatic heterocycles. The smallest absolute Gasteiger partial charge is 0.325 e. The summed E-state index contributed by atoms with van der Waals surface area (Å²) in [7, 11) is 1.49. The van der Waals surface area contributed by atoms with Crippen LogP contribution in [0.5, 0.6) is 0 Å². The van der Waals surface area contributed by atoms with Crippen LogP contribution in [-0.2, 0) is 4.79 Å². The average Bonchev–Trinajstić information content (AvgIpc) is 2.23. The summed E-state index contributed by atoms with van der Waals surface area (Å²) in [5.74, 6) is -0.320. The van der Waals surface area contributed by atoms with Gasteiger partial charge in [0, 0.05) is 12.2 Å². The van der Waals surface area contributed by atoms with Gasteiger partial charge in [0.2, 0.25) is 5.91 Å². The molecule has 6 heteroatoms. The Morgan fingerprint density at radius 1 is 1.20 bits per heavy atom. The molecule has 112 valence electrons. The number of nitrogens with one attached hydrogen (secondary N) is 1. The third-order valence-corrected chi connectivity index (χ3v) is 2.70. The predicted octanol–water partition coefficient (Wildman–Crippen LogP) is 3.13. The van der Waals surface area contributed by atoms with E-state index >= 15 is 0 Å². The predicted molar refractivity (Wildman–Crippen MR) is 72.7 cm³/mol. The molecule has 0 aliphatic heterocycles. The van der Waals surface area contributed by atoms with E-state index in [-0.39, 0.29) is 19.0 Å². The van der Waals surface area contributed by atoms with Gasteiger partial charge < -0.3 is 5.32 Å². The first kappa shape index (κ1) is 16.5. The number of halogens is 3. The van der Waals surface area contributed by atoms with Gasteiger partial charge in [-0.1, -0.05) is 6.07 Å². The van der Waals surface area contributed by atoms with Gasteiger partial charge in [0.05, 0.1) is 13.0 Å². The highest BCUT2D eigenvalue weighted by Crippen LogP contribution is 2.19. The maximum atomic E-state index is 12.1. The third kappa shape index (κ3) is 6.56. The largest absolute Gasteiger partial charge is 0.390 e. The fraction of sp³-hybridized carbons (Fsp3) is 0.500. The van der Waals surface area contributed by atoms with Gasteiger partial charge in [-0.05, 0) is 44.2 Å². The number of rotatable bonds is 5. The van der Waals surface area contributed by atoms with E-state index in [1.807, 2.05) is 32.0 Å². The van der Waals surface area contributed by atoms with Gasteiger partial charge in [-0.15, -0.1) is 0 Å². The van der Waals surface area contributed by atoms with Crippen molar-refractivity contribution >= 4 is 11.6 Å². The Hall–Kier alpha value is -1.56. The highest BCUT2D eigenvalue weighted by molar-refractivity contribution is 5.92. The summed E-state index contributed by atoms with van der Waals surface area (Å²) in [6.07, 6.45) is -5.11. The van der Waals surface area contributed by atoms with Crippen LogP contribution in [0.1, 0.15) is 17.5 Å². The number of benzene rings is 1. The quantitative estimate of drug-likeness (QED) is 0.903. The molecule has 0 aliphatic carbocycles. The zero-order valence-electron chi connectivity index (χ0n) is 11.8. The molecule has 0 bridgehead atoms. The normalized spacial score (nSPS) is 11.8. The zero-order chi connectivity index (χ0) is 15.3. The molecule has 0 heterocycles. The van der Waals surface area contributed by atoms with E-state index in [2.05, 4.69) is 5.32 Å². The molecule has 1 N–H and O–H groups in total. The van der Waals surface area contributed by atoms with Crippen molar-refractivity contribution in [3.63, 3.8) is 0 Å². The van der Waals surface area contributed by atoms with Crippen molar-refractivity contribution in [2.24, 2.45) is 0 Å². The van der Waals surface area contributed by atoms with E-state index in [0.717, 1.165) is 11.1 Å². The first-order valence-electron chi connectivity index (χ1n) is 6.29. The Labute approximate surface area is 116 Å². The summed E-state index contributed by atoms with van der Waals surface area (Å²) < 4.78 is 36.2. The van der Waals surface area contributed by atoms with E-state index in [1.54, 1.807) is 0 Å². The van der Waals surface area contributed by atoms with Crippen molar-refractivity contribution in [2.75, 3.05) is 25.5 Å². The van der Waals surface area contributed by atoms with Crippen LogP contribution in [0.15, 0.2) is 18.2 Å². The molecule has 0 spiro atoms. The van der Waals surface area contributed by atoms with Crippen LogP contribution in [0.2, 0.25) is 0 Å². The lowest BCUT2D eigenvalue weighted by molar-refractivity contribution is -0.138. The molecule has 0 atom stereocenters. The molecule has 0 fully saturated rings. The Morgan fingerprint density at radius 2 is 1.75 bits per heavy atom. The van der Waals surface area contributed by atoms with Crippen LogP contribution < -0.4 is 5.32 Å². The Bertz CT molecular complexity index is 452. The zero-order valence-corrected chi connectivity index (χ0v) is 11.8. The molecule has 0 aliphatic rings. The Kier molecular flexibility index (Phi) is 5.56. The number of aryl methyl sites for hydroxylation is 2. The number of carbonyl (C=O) groups is 1. The van der Waals surface area contributed by atoms with E-state index < -0.39 is 12.6 Å². The highest BCUT2D eigenvalue weighted by Gasteiger charge is 2.27. The average molecular weight is 288 g/mol. The van der Waals surface area contributed by atoms with E-state index in [0.29, 0.717) is 5.69 Å². The lowest BCUT2D eigenvalue weighted by Crippen LogP contribution is -2.32. The molecular weight excluding hydrogens is 269 g/mol. The summed E-state index contributed by atoms with van der Waals surface area (Å²) in [6, 6.07) is 5.62. The van der Waals surface area contributed by atoms with Crippen LogP contribution in [-0.4, -0.2) is 37.1 Å². The number of nitrogens with zero attached hydrogens (tertiary/aromatic N) is 1. The topological polar surface area (TPSA) is 32.3 Å². The minimum Gasteiger partial charge on any atom is -0.325 e. The second kappa shape index (κ2) is 6.74. The van der Waals surface area contributed by atoms with Crippen molar-refractivity contribution in [1.29, 1.82) is 0 Å². The third-order valence-electron chi connectivity index (χ3n) is 2.70. The molecule has 1 rings (SSSR count). The minimum absolute atomic E-state index is 0.0664. The van der Waals surface area contributed by atoms with Crippen molar-refractivity contribution in [2.45, 2.75) is 26.4 Å². The Balaban J connectivity index is 2.47. The maximum Gasteiger partial charge on any atom is 0.390 e. The van der Waals surface area contributed by atoms with Gasteiger partial charge in [-0.3, -0.25) is 9.69 Å². The van der Waals surface area contributed by atoms with Crippen molar-refractivity contribution in [1.82, 2.24) is 4.90 Å². The van der Waals surface area contributed by atoms with Gasteiger partial charge in [0.15, 0.2) is 0 Å². The van der Waals surface area contributed by atoms with Crippen LogP contribution in [0, 0.1) is 13.8 Å². The van der Waals surface area contributed by atoms with Crippen LogP contribution in [0.25, 0.3) is 0 Å². The Morgan fingerprint density at radius 3 is 2.25 bits per heavy atom. The van der Waals surface area contributed by atoms with Gasteiger partial charge in [-0.25, -0.2) is 0 Å². The summed E-state index contributed by atoms with van der Waals surface area (Å²) in [5.41, 5.74) is 2.70. The van der Waals surface area contributed by atoms with Crippen LogP contribution in [0.3, 0.4) is 0 Å². The standard InChI is InChI=1S/C14H19F3N2O/c1-10-6-11(2)8-12(7-10)18-13(20)9-19(3)5-4-14(15,16)17/h6-8H,4-5,9H2,1-3H3,(H,18,20). The molecule has 0 unspecified atom stereocenters. The molecule has 0 saturated heterocycles. The first-order chi connectivity index (χ1) is 9.15. The first-order valence-corrected chi connectivity index (χ1v) is 6.29. The molecular formula is C14H19F3N2O. The lowest BCUT2D eigenvalue weighted by Gasteiger charge is -2.17. The molecule has 0 saturated carbocycles. The number of hydrogen-bond donors (Lipinski definition) is 1. The molecule has 20 heavy (non-hydrogen) atoms. The maximum absolute atomic E-state index is 12.1. The minimum atomic E-state index is -4.20.